The zero-order chi connectivity index (χ0) is 13.8. The minimum atomic E-state index is -0.932. The Kier molecular flexibility index (Phi) is 4.92. The van der Waals surface area contributed by atoms with Gasteiger partial charge in [-0.3, -0.25) is 9.63 Å². The molecule has 0 aromatic rings. The predicted octanol–water partition coefficient (Wildman–Crippen LogP) is 0.959. The van der Waals surface area contributed by atoms with Crippen LogP contribution in [-0.2, 0) is 19.1 Å². The molecule has 1 rings (SSSR count). The third kappa shape index (κ3) is 3.58. The van der Waals surface area contributed by atoms with Gasteiger partial charge in [0.25, 0.3) is 5.90 Å². The summed E-state index contributed by atoms with van der Waals surface area (Å²) >= 11 is 5.31. The summed E-state index contributed by atoms with van der Waals surface area (Å²) in [4.78, 5) is 27.9. The van der Waals surface area contributed by atoms with Crippen molar-refractivity contribution < 1.29 is 23.9 Å². The largest absolute Gasteiger partial charge is 0.474 e. The number of nitrogens with zero attached hydrogens (tertiary/aromatic N) is 2. The van der Waals surface area contributed by atoms with E-state index in [1.54, 1.807) is 13.8 Å². The molecular weight excluding hydrogens is 264 g/mol. The number of ether oxygens (including phenoxy) is 2. The van der Waals surface area contributed by atoms with Crippen molar-refractivity contribution in [2.24, 2.45) is 5.16 Å². The Balaban J connectivity index is 2.62. The maximum absolute atomic E-state index is 11.4. The summed E-state index contributed by atoms with van der Waals surface area (Å²) in [5.41, 5.74) is -0.770. The van der Waals surface area contributed by atoms with Gasteiger partial charge >= 0.3 is 6.09 Å². The summed E-state index contributed by atoms with van der Waals surface area (Å²) in [6.45, 7) is 4.22. The zero-order valence-corrected chi connectivity index (χ0v) is 11.2. The van der Waals surface area contributed by atoms with Gasteiger partial charge in [-0.05, 0) is 19.0 Å². The lowest BCUT2D eigenvalue weighted by Gasteiger charge is -2.30. The van der Waals surface area contributed by atoms with Gasteiger partial charge in [-0.2, -0.15) is 0 Å². The van der Waals surface area contributed by atoms with Gasteiger partial charge in [-0.15, -0.1) is 11.6 Å². The third-order valence-electron chi connectivity index (χ3n) is 2.27. The minimum Gasteiger partial charge on any atom is -0.474 e. The van der Waals surface area contributed by atoms with Gasteiger partial charge < -0.3 is 9.47 Å². The maximum atomic E-state index is 11.4. The van der Waals surface area contributed by atoms with Gasteiger partial charge in [0.2, 0.25) is 5.91 Å². The van der Waals surface area contributed by atoms with E-state index in [-0.39, 0.29) is 11.8 Å². The number of alkyl halides is 1. The number of halogens is 1. The van der Waals surface area contributed by atoms with Crippen LogP contribution in [0.5, 0.6) is 0 Å². The van der Waals surface area contributed by atoms with Crippen LogP contribution < -0.4 is 0 Å². The van der Waals surface area contributed by atoms with E-state index >= 15 is 0 Å². The van der Waals surface area contributed by atoms with Crippen LogP contribution >= 0.6 is 11.6 Å². The molecule has 2 amide bonds. The number of oxime groups is 1. The van der Waals surface area contributed by atoms with E-state index in [1.165, 1.54) is 7.05 Å². The number of imide groups is 1. The van der Waals surface area contributed by atoms with Crippen molar-refractivity contribution in [3.63, 3.8) is 0 Å². The molecule has 0 aromatic heterocycles. The van der Waals surface area contributed by atoms with E-state index < -0.39 is 17.6 Å². The molecular formula is C10H15ClN2O5. The lowest BCUT2D eigenvalue weighted by molar-refractivity contribution is -0.125. The Morgan fingerprint density at radius 3 is 2.72 bits per heavy atom. The van der Waals surface area contributed by atoms with Gasteiger partial charge in [0.15, 0.2) is 0 Å². The van der Waals surface area contributed by atoms with Crippen LogP contribution in [0, 0.1) is 0 Å². The van der Waals surface area contributed by atoms with Crippen LogP contribution in [-0.4, -0.2) is 54.5 Å². The van der Waals surface area contributed by atoms with Crippen LogP contribution in [0.25, 0.3) is 0 Å². The highest BCUT2D eigenvalue weighted by Crippen LogP contribution is 2.17. The number of hydrogen-bond acceptors (Lipinski definition) is 6. The standard InChI is InChI=1S/C10H15ClN2O5/c1-10(2)8(16-4-5-17-10)12-18-9(15)13(3)7(14)6-11/h4-6H2,1-3H3. The minimum absolute atomic E-state index is 0.147. The number of carbonyl (C=O) groups is 2. The molecule has 0 N–H and O–H groups in total. The molecule has 1 fully saturated rings. The van der Waals surface area contributed by atoms with Crippen molar-refractivity contribution in [3.05, 3.63) is 0 Å². The SMILES string of the molecule is CN(C(=O)CCl)C(=O)ON=C1OCCOC1(C)C. The Labute approximate surface area is 110 Å². The molecule has 1 aliphatic rings. The highest BCUT2D eigenvalue weighted by Gasteiger charge is 2.33. The van der Waals surface area contributed by atoms with E-state index in [0.29, 0.717) is 13.2 Å². The molecule has 1 saturated heterocycles. The fourth-order valence-electron chi connectivity index (χ4n) is 1.14. The average Bonchev–Trinajstić information content (AvgIpc) is 2.34. The fourth-order valence-corrected chi connectivity index (χ4v) is 1.32. The van der Waals surface area contributed by atoms with Gasteiger partial charge in [-0.1, -0.05) is 0 Å². The van der Waals surface area contributed by atoms with Gasteiger partial charge in [0.05, 0.1) is 6.61 Å². The number of hydrogen-bond donors (Lipinski definition) is 0. The molecule has 0 aliphatic carbocycles. The third-order valence-corrected chi connectivity index (χ3v) is 2.50. The molecule has 0 spiro atoms. The molecule has 0 radical (unpaired) electrons. The van der Waals surface area contributed by atoms with Crippen molar-refractivity contribution in [2.45, 2.75) is 19.4 Å². The molecule has 0 atom stereocenters. The summed E-state index contributed by atoms with van der Waals surface area (Å²) in [7, 11) is 1.25. The van der Waals surface area contributed by atoms with Crippen molar-refractivity contribution >= 4 is 29.5 Å². The molecule has 0 aromatic carbocycles. The van der Waals surface area contributed by atoms with Crippen molar-refractivity contribution in [1.82, 2.24) is 4.90 Å². The van der Waals surface area contributed by atoms with Gasteiger partial charge in [0.1, 0.15) is 18.1 Å². The molecule has 102 valence electrons. The second kappa shape index (κ2) is 6.01. The number of carbonyl (C=O) groups excluding carboxylic acids is 2. The monoisotopic (exact) mass is 278 g/mol. The van der Waals surface area contributed by atoms with E-state index in [4.69, 9.17) is 21.1 Å². The molecule has 8 heteroatoms. The van der Waals surface area contributed by atoms with E-state index in [0.717, 1.165) is 4.90 Å². The van der Waals surface area contributed by atoms with Crippen LogP contribution in [0.1, 0.15) is 13.8 Å². The molecule has 0 bridgehead atoms. The highest BCUT2D eigenvalue weighted by atomic mass is 35.5. The second-order valence-electron chi connectivity index (χ2n) is 4.05. The van der Waals surface area contributed by atoms with Crippen LogP contribution in [0.4, 0.5) is 4.79 Å². The lowest BCUT2D eigenvalue weighted by atomic mass is 10.1. The summed E-state index contributed by atoms with van der Waals surface area (Å²) in [6, 6.07) is 0. The second-order valence-corrected chi connectivity index (χ2v) is 4.31. The first kappa shape index (κ1) is 14.7. The molecule has 18 heavy (non-hydrogen) atoms. The number of rotatable bonds is 2. The summed E-state index contributed by atoms with van der Waals surface area (Å²) < 4.78 is 10.6. The maximum Gasteiger partial charge on any atom is 0.442 e. The summed E-state index contributed by atoms with van der Waals surface area (Å²) in [5, 5.41) is 3.56. The average molecular weight is 279 g/mol. The van der Waals surface area contributed by atoms with Crippen LogP contribution in [0.2, 0.25) is 0 Å². The van der Waals surface area contributed by atoms with E-state index in [2.05, 4.69) is 9.99 Å². The smallest absolute Gasteiger partial charge is 0.442 e. The first-order valence-corrected chi connectivity index (χ1v) is 5.80. The predicted molar refractivity (Wildman–Crippen MR) is 63.4 cm³/mol. The summed E-state index contributed by atoms with van der Waals surface area (Å²) in [6.07, 6.45) is -0.932. The number of amides is 2. The van der Waals surface area contributed by atoms with Crippen molar-refractivity contribution in [3.8, 4) is 0 Å². The van der Waals surface area contributed by atoms with Crippen LogP contribution in [0.3, 0.4) is 0 Å². The Bertz CT molecular complexity index is 369. The first-order valence-electron chi connectivity index (χ1n) is 5.27. The van der Waals surface area contributed by atoms with E-state index in [9.17, 15) is 9.59 Å². The Morgan fingerprint density at radius 1 is 1.50 bits per heavy atom. The molecule has 7 nitrogen and oxygen atoms in total. The van der Waals surface area contributed by atoms with Crippen LogP contribution in [0.15, 0.2) is 5.16 Å². The van der Waals surface area contributed by atoms with Gasteiger partial charge in [0, 0.05) is 7.05 Å². The quantitative estimate of drug-likeness (QED) is 0.427. The normalized spacial score (nSPS) is 20.1. The van der Waals surface area contributed by atoms with Crippen molar-refractivity contribution in [2.75, 3.05) is 26.1 Å². The topological polar surface area (TPSA) is 77.4 Å². The first-order chi connectivity index (χ1) is 8.38. The zero-order valence-electron chi connectivity index (χ0n) is 10.4. The molecule has 1 aliphatic heterocycles. The molecule has 1 heterocycles. The lowest BCUT2D eigenvalue weighted by Crippen LogP contribution is -2.43. The van der Waals surface area contributed by atoms with Gasteiger partial charge in [-0.25, -0.2) is 9.69 Å². The molecule has 0 saturated carbocycles. The molecule has 0 unspecified atom stereocenters. The summed E-state index contributed by atoms with van der Waals surface area (Å²) in [5.74, 6) is -0.747. The highest BCUT2D eigenvalue weighted by molar-refractivity contribution is 6.28. The Hall–Kier alpha value is -1.34. The van der Waals surface area contributed by atoms with E-state index in [1.807, 2.05) is 0 Å². The fraction of sp³-hybridized carbons (Fsp3) is 0.700. The Morgan fingerprint density at radius 2 is 2.17 bits per heavy atom. The van der Waals surface area contributed by atoms with Crippen molar-refractivity contribution in [1.29, 1.82) is 0 Å².